The standard InChI is InChI=1S/C18H17FN4S/c19-15-6-8-16(9-7-15)22-11-12-23-17(22)20-21-18(23)24-13-10-14-4-2-1-3-5-14/h1-9H,10-13H2. The van der Waals surface area contributed by atoms with Crippen molar-refractivity contribution in [3.8, 4) is 0 Å². The minimum Gasteiger partial charge on any atom is -0.309 e. The quantitative estimate of drug-likeness (QED) is 0.660. The number of rotatable bonds is 5. The zero-order chi connectivity index (χ0) is 16.4. The number of aromatic nitrogens is 3. The van der Waals surface area contributed by atoms with Crippen molar-refractivity contribution >= 4 is 23.4 Å². The molecule has 2 heterocycles. The lowest BCUT2D eigenvalue weighted by Gasteiger charge is -2.14. The molecule has 0 amide bonds. The molecule has 0 saturated carbocycles. The Morgan fingerprint density at radius 1 is 0.958 bits per heavy atom. The fraction of sp³-hybridized carbons (Fsp3) is 0.222. The van der Waals surface area contributed by atoms with Gasteiger partial charge < -0.3 is 4.90 Å². The van der Waals surface area contributed by atoms with Gasteiger partial charge in [0.25, 0.3) is 0 Å². The van der Waals surface area contributed by atoms with Crippen molar-refractivity contribution in [3.05, 3.63) is 66.0 Å². The SMILES string of the molecule is Fc1ccc(N2CCn3c(SCCc4ccccc4)nnc32)cc1. The minimum atomic E-state index is -0.225. The van der Waals surface area contributed by atoms with Crippen molar-refractivity contribution in [1.82, 2.24) is 14.8 Å². The highest BCUT2D eigenvalue weighted by Crippen LogP contribution is 2.32. The smallest absolute Gasteiger partial charge is 0.232 e. The maximum absolute atomic E-state index is 13.1. The van der Waals surface area contributed by atoms with Gasteiger partial charge in [-0.1, -0.05) is 42.1 Å². The molecule has 0 fully saturated rings. The monoisotopic (exact) mass is 340 g/mol. The largest absolute Gasteiger partial charge is 0.309 e. The first-order chi connectivity index (χ1) is 11.8. The van der Waals surface area contributed by atoms with E-state index in [0.29, 0.717) is 0 Å². The molecule has 0 spiro atoms. The van der Waals surface area contributed by atoms with Crippen LogP contribution in [0.2, 0.25) is 0 Å². The number of thioether (sulfide) groups is 1. The van der Waals surface area contributed by atoms with E-state index < -0.39 is 0 Å². The average Bonchev–Trinajstić information content (AvgIpc) is 3.20. The summed E-state index contributed by atoms with van der Waals surface area (Å²) in [6, 6.07) is 17.0. The number of benzene rings is 2. The van der Waals surface area contributed by atoms with E-state index in [1.54, 1.807) is 23.9 Å². The summed E-state index contributed by atoms with van der Waals surface area (Å²) in [6.07, 6.45) is 1.01. The molecule has 0 unspecified atom stereocenters. The fourth-order valence-electron chi connectivity index (χ4n) is 2.85. The van der Waals surface area contributed by atoms with Crippen LogP contribution in [0.3, 0.4) is 0 Å². The summed E-state index contributed by atoms with van der Waals surface area (Å²) in [5.41, 5.74) is 2.28. The van der Waals surface area contributed by atoms with Crippen LogP contribution < -0.4 is 4.90 Å². The van der Waals surface area contributed by atoms with E-state index in [-0.39, 0.29) is 5.82 Å². The van der Waals surface area contributed by atoms with Crippen LogP contribution in [0, 0.1) is 5.82 Å². The average molecular weight is 340 g/mol. The van der Waals surface area contributed by atoms with Crippen molar-refractivity contribution in [3.63, 3.8) is 0 Å². The lowest BCUT2D eigenvalue weighted by molar-refractivity contribution is 0.627. The number of anilines is 2. The van der Waals surface area contributed by atoms with Crippen molar-refractivity contribution in [2.45, 2.75) is 18.1 Å². The molecule has 4 rings (SSSR count). The molecule has 1 aliphatic heterocycles. The molecule has 122 valence electrons. The van der Waals surface area contributed by atoms with Gasteiger partial charge >= 0.3 is 0 Å². The number of nitrogens with zero attached hydrogens (tertiary/aromatic N) is 4. The Morgan fingerprint density at radius 2 is 1.75 bits per heavy atom. The summed E-state index contributed by atoms with van der Waals surface area (Å²) in [6.45, 7) is 1.69. The minimum absolute atomic E-state index is 0.225. The summed E-state index contributed by atoms with van der Waals surface area (Å²) in [7, 11) is 0. The van der Waals surface area contributed by atoms with Gasteiger partial charge in [0.05, 0.1) is 0 Å². The molecule has 1 aromatic heterocycles. The van der Waals surface area contributed by atoms with Crippen LogP contribution in [0.25, 0.3) is 0 Å². The van der Waals surface area contributed by atoms with Gasteiger partial charge in [-0.2, -0.15) is 0 Å². The number of aryl methyl sites for hydroxylation is 1. The van der Waals surface area contributed by atoms with Crippen LogP contribution in [0.4, 0.5) is 16.0 Å². The van der Waals surface area contributed by atoms with Crippen molar-refractivity contribution < 1.29 is 4.39 Å². The van der Waals surface area contributed by atoms with E-state index in [1.807, 2.05) is 6.07 Å². The van der Waals surface area contributed by atoms with Gasteiger partial charge in [-0.05, 0) is 36.2 Å². The second-order valence-electron chi connectivity index (χ2n) is 5.65. The predicted molar refractivity (Wildman–Crippen MR) is 94.3 cm³/mol. The maximum atomic E-state index is 13.1. The van der Waals surface area contributed by atoms with Crippen molar-refractivity contribution in [2.75, 3.05) is 17.2 Å². The Balaban J connectivity index is 1.44. The molecule has 4 nitrogen and oxygen atoms in total. The van der Waals surface area contributed by atoms with E-state index in [2.05, 4.69) is 43.9 Å². The molecule has 0 aliphatic carbocycles. The van der Waals surface area contributed by atoms with E-state index >= 15 is 0 Å². The number of halogens is 1. The third-order valence-electron chi connectivity index (χ3n) is 4.09. The molecule has 0 radical (unpaired) electrons. The molecule has 24 heavy (non-hydrogen) atoms. The van der Waals surface area contributed by atoms with E-state index in [0.717, 1.165) is 42.1 Å². The number of hydrogen-bond acceptors (Lipinski definition) is 4. The van der Waals surface area contributed by atoms with Gasteiger partial charge in [-0.3, -0.25) is 4.57 Å². The molecule has 0 atom stereocenters. The van der Waals surface area contributed by atoms with Crippen LogP contribution in [0.1, 0.15) is 5.56 Å². The Bertz CT molecular complexity index is 817. The zero-order valence-electron chi connectivity index (χ0n) is 13.1. The first-order valence-electron chi connectivity index (χ1n) is 7.94. The summed E-state index contributed by atoms with van der Waals surface area (Å²) in [5, 5.41) is 9.60. The summed E-state index contributed by atoms with van der Waals surface area (Å²) in [4.78, 5) is 2.08. The lowest BCUT2D eigenvalue weighted by atomic mass is 10.2. The van der Waals surface area contributed by atoms with Crippen LogP contribution >= 0.6 is 11.8 Å². The van der Waals surface area contributed by atoms with Gasteiger partial charge in [0.15, 0.2) is 5.16 Å². The molecule has 0 saturated heterocycles. The molecule has 6 heteroatoms. The first-order valence-corrected chi connectivity index (χ1v) is 8.93. The van der Waals surface area contributed by atoms with Gasteiger partial charge in [-0.15, -0.1) is 10.2 Å². The Labute approximate surface area is 144 Å². The van der Waals surface area contributed by atoms with Crippen molar-refractivity contribution in [2.24, 2.45) is 0 Å². The topological polar surface area (TPSA) is 34.0 Å². The predicted octanol–water partition coefficient (Wildman–Crippen LogP) is 3.90. The van der Waals surface area contributed by atoms with Gasteiger partial charge in [-0.25, -0.2) is 4.39 Å². The summed E-state index contributed by atoms with van der Waals surface area (Å²) < 4.78 is 15.2. The third-order valence-corrected chi connectivity index (χ3v) is 5.06. The molecular formula is C18H17FN4S. The zero-order valence-corrected chi connectivity index (χ0v) is 13.9. The fourth-order valence-corrected chi connectivity index (χ4v) is 3.80. The number of fused-ring (bicyclic) bond motifs is 1. The van der Waals surface area contributed by atoms with Gasteiger partial charge in [0, 0.05) is 24.5 Å². The molecule has 0 N–H and O–H groups in total. The molecule has 0 bridgehead atoms. The second kappa shape index (κ2) is 6.65. The van der Waals surface area contributed by atoms with E-state index in [1.165, 1.54) is 17.7 Å². The highest BCUT2D eigenvalue weighted by Gasteiger charge is 2.25. The Morgan fingerprint density at radius 3 is 2.54 bits per heavy atom. The second-order valence-corrected chi connectivity index (χ2v) is 6.71. The van der Waals surface area contributed by atoms with Crippen LogP contribution in [0.15, 0.2) is 59.8 Å². The highest BCUT2D eigenvalue weighted by atomic mass is 32.2. The Kier molecular flexibility index (Phi) is 4.21. The summed E-state index contributed by atoms with van der Waals surface area (Å²) >= 11 is 1.73. The lowest BCUT2D eigenvalue weighted by Crippen LogP contribution is -2.14. The van der Waals surface area contributed by atoms with Crippen LogP contribution in [-0.2, 0) is 13.0 Å². The van der Waals surface area contributed by atoms with E-state index in [4.69, 9.17) is 0 Å². The summed E-state index contributed by atoms with van der Waals surface area (Å²) in [5.74, 6) is 1.58. The van der Waals surface area contributed by atoms with Gasteiger partial charge in [0.1, 0.15) is 5.82 Å². The molecular weight excluding hydrogens is 323 g/mol. The van der Waals surface area contributed by atoms with Gasteiger partial charge in [0.2, 0.25) is 5.95 Å². The maximum Gasteiger partial charge on any atom is 0.232 e. The number of hydrogen-bond donors (Lipinski definition) is 0. The normalized spacial score (nSPS) is 13.3. The third kappa shape index (κ3) is 3.01. The Hall–Kier alpha value is -2.34. The molecule has 1 aliphatic rings. The van der Waals surface area contributed by atoms with E-state index in [9.17, 15) is 4.39 Å². The van der Waals surface area contributed by atoms with Crippen molar-refractivity contribution in [1.29, 1.82) is 0 Å². The molecule has 2 aromatic carbocycles. The molecule has 3 aromatic rings. The first kappa shape index (κ1) is 15.2. The van der Waals surface area contributed by atoms with Crippen LogP contribution in [-0.4, -0.2) is 27.1 Å². The van der Waals surface area contributed by atoms with Crippen LogP contribution in [0.5, 0.6) is 0 Å². The highest BCUT2D eigenvalue weighted by molar-refractivity contribution is 7.99.